The first-order valence-corrected chi connectivity index (χ1v) is 9.98. The molecule has 140 valence electrons. The molecule has 0 aliphatic heterocycles. The van der Waals surface area contributed by atoms with Crippen LogP contribution in [0.5, 0.6) is 5.75 Å². The van der Waals surface area contributed by atoms with E-state index in [2.05, 4.69) is 9.93 Å². The van der Waals surface area contributed by atoms with E-state index in [1.54, 1.807) is 13.8 Å². The third-order valence-corrected chi connectivity index (χ3v) is 5.86. The highest BCUT2D eigenvalue weighted by Gasteiger charge is 2.19. The van der Waals surface area contributed by atoms with Crippen molar-refractivity contribution in [1.29, 1.82) is 0 Å². The summed E-state index contributed by atoms with van der Waals surface area (Å²) in [4.78, 5) is 2.49. The molecule has 0 aliphatic carbocycles. The van der Waals surface area contributed by atoms with Gasteiger partial charge in [-0.3, -0.25) is 0 Å². The maximum atomic E-state index is 12.6. The maximum absolute atomic E-state index is 12.6. The van der Waals surface area contributed by atoms with E-state index >= 15 is 0 Å². The van der Waals surface area contributed by atoms with Crippen LogP contribution in [0.15, 0.2) is 34.3 Å². The van der Waals surface area contributed by atoms with Crippen molar-refractivity contribution in [3.8, 4) is 5.75 Å². The Morgan fingerprint density at radius 2 is 1.62 bits per heavy atom. The third kappa shape index (κ3) is 4.07. The molecule has 0 amide bonds. The van der Waals surface area contributed by atoms with Crippen molar-refractivity contribution < 1.29 is 13.5 Å². The fourth-order valence-corrected chi connectivity index (χ4v) is 4.40. The van der Waals surface area contributed by atoms with Crippen molar-refractivity contribution in [3.63, 3.8) is 0 Å². The first-order chi connectivity index (χ1) is 12.0. The largest absolute Gasteiger partial charge is 0.507 e. The number of benzene rings is 2. The summed E-state index contributed by atoms with van der Waals surface area (Å²) in [6.07, 6.45) is 1.35. The number of hydrogen-bond donors (Lipinski definition) is 2. The Balaban J connectivity index is 2.36. The quantitative estimate of drug-likeness (QED) is 0.612. The minimum absolute atomic E-state index is 0.130. The summed E-state index contributed by atoms with van der Waals surface area (Å²) < 4.78 is 25.3. The molecule has 0 fully saturated rings. The highest BCUT2D eigenvalue weighted by atomic mass is 32.2. The fourth-order valence-electron chi connectivity index (χ4n) is 3.15. The van der Waals surface area contributed by atoms with Crippen LogP contribution < -0.4 is 4.83 Å². The molecule has 0 heterocycles. The number of aromatic hydroxyl groups is 1. The molecule has 0 saturated heterocycles. The molecule has 0 radical (unpaired) electrons. The predicted molar refractivity (Wildman–Crippen MR) is 106 cm³/mol. The van der Waals surface area contributed by atoms with E-state index in [1.165, 1.54) is 6.21 Å². The van der Waals surface area contributed by atoms with Gasteiger partial charge >= 0.3 is 0 Å². The summed E-state index contributed by atoms with van der Waals surface area (Å²) in [6.45, 7) is 11.3. The Bertz CT molecular complexity index is 938. The molecule has 0 spiro atoms. The molecular weight excluding hydrogens is 348 g/mol. The van der Waals surface area contributed by atoms with Crippen LogP contribution in [-0.2, 0) is 10.0 Å². The second-order valence-corrected chi connectivity index (χ2v) is 8.57. The summed E-state index contributed by atoms with van der Waals surface area (Å²) in [6, 6.07) is 7.41. The monoisotopic (exact) mass is 374 g/mol. The number of sulfonamides is 1. The van der Waals surface area contributed by atoms with Crippen LogP contribution in [0.25, 0.3) is 0 Å². The molecule has 0 saturated carbocycles. The van der Waals surface area contributed by atoms with Crippen LogP contribution in [0.3, 0.4) is 0 Å². The van der Waals surface area contributed by atoms with Gasteiger partial charge in [-0.05, 0) is 55.9 Å². The highest BCUT2D eigenvalue weighted by molar-refractivity contribution is 7.89. The molecule has 26 heavy (non-hydrogen) atoms. The van der Waals surface area contributed by atoms with Gasteiger partial charge in [0.15, 0.2) is 0 Å². The number of nitrogens with zero attached hydrogens (tertiary/aromatic N) is 1. The number of aryl methyl sites for hydroxylation is 4. The van der Waals surface area contributed by atoms with Gasteiger partial charge in [0.05, 0.1) is 11.1 Å². The van der Waals surface area contributed by atoms with Gasteiger partial charge in [-0.15, -0.1) is 0 Å². The number of nitrogens with one attached hydrogen (secondary N) is 1. The topological polar surface area (TPSA) is 78.8 Å². The average Bonchev–Trinajstić information content (AvgIpc) is 2.48. The zero-order chi connectivity index (χ0) is 19.6. The Morgan fingerprint density at radius 3 is 2.15 bits per heavy atom. The molecule has 0 atom stereocenters. The Morgan fingerprint density at radius 1 is 1.04 bits per heavy atom. The second kappa shape index (κ2) is 7.50. The van der Waals surface area contributed by atoms with Gasteiger partial charge < -0.3 is 5.11 Å². The van der Waals surface area contributed by atoms with Gasteiger partial charge in [0.25, 0.3) is 10.0 Å². The number of hydrogen-bond acceptors (Lipinski definition) is 4. The lowest BCUT2D eigenvalue weighted by Gasteiger charge is -2.13. The summed E-state index contributed by atoms with van der Waals surface area (Å²) in [5, 5.41) is 14.3. The first-order valence-electron chi connectivity index (χ1n) is 8.49. The minimum Gasteiger partial charge on any atom is -0.507 e. The van der Waals surface area contributed by atoms with Gasteiger partial charge in [0, 0.05) is 5.56 Å². The van der Waals surface area contributed by atoms with Gasteiger partial charge in [0.2, 0.25) is 0 Å². The first kappa shape index (κ1) is 20.0. The van der Waals surface area contributed by atoms with E-state index < -0.39 is 10.0 Å². The summed E-state index contributed by atoms with van der Waals surface area (Å²) >= 11 is 0. The van der Waals surface area contributed by atoms with Crippen LogP contribution >= 0.6 is 0 Å². The highest BCUT2D eigenvalue weighted by Crippen LogP contribution is 2.30. The Labute approximate surface area is 155 Å². The molecule has 0 bridgehead atoms. The molecule has 0 aliphatic rings. The standard InChI is InChI=1S/C20H26N2O3S/c1-12(2)17-8-7-14(4)18(19(17)23)11-21-22-26(24,25)20-15(5)9-13(3)10-16(20)6/h7-12,22-23H,1-6H3/b21-11+. The average molecular weight is 375 g/mol. The SMILES string of the molecule is Cc1cc(C)c(S(=O)(=O)N/N=C/c2c(C)ccc(C(C)C)c2O)c(C)c1. The van der Waals surface area contributed by atoms with Gasteiger partial charge in [-0.25, -0.2) is 4.83 Å². The van der Waals surface area contributed by atoms with E-state index in [4.69, 9.17) is 0 Å². The molecule has 2 aromatic carbocycles. The van der Waals surface area contributed by atoms with Gasteiger partial charge in [0.1, 0.15) is 5.75 Å². The smallest absolute Gasteiger partial charge is 0.277 e. The minimum atomic E-state index is -3.79. The fraction of sp³-hybridized carbons (Fsp3) is 0.350. The molecule has 6 heteroatoms. The second-order valence-electron chi connectivity index (χ2n) is 6.97. The predicted octanol–water partition coefficient (Wildman–Crippen LogP) is 4.06. The van der Waals surface area contributed by atoms with Crippen LogP contribution in [0.1, 0.15) is 53.1 Å². The van der Waals surface area contributed by atoms with Crippen LogP contribution in [-0.4, -0.2) is 19.7 Å². The molecular formula is C20H26N2O3S. The van der Waals surface area contributed by atoms with Crippen molar-refractivity contribution in [2.24, 2.45) is 5.10 Å². The Kier molecular flexibility index (Phi) is 5.76. The van der Waals surface area contributed by atoms with E-state index in [-0.39, 0.29) is 16.6 Å². The molecule has 0 aromatic heterocycles. The van der Waals surface area contributed by atoms with E-state index in [1.807, 2.05) is 52.0 Å². The van der Waals surface area contributed by atoms with Crippen molar-refractivity contribution in [2.45, 2.75) is 52.4 Å². The number of phenolic OH excluding ortho intramolecular Hbond substituents is 1. The number of rotatable bonds is 5. The lowest BCUT2D eigenvalue weighted by molar-refractivity contribution is 0.463. The summed E-state index contributed by atoms with van der Waals surface area (Å²) in [5.41, 5.74) is 4.48. The molecule has 2 rings (SSSR count). The molecule has 2 N–H and O–H groups in total. The van der Waals surface area contributed by atoms with E-state index in [9.17, 15) is 13.5 Å². The zero-order valence-electron chi connectivity index (χ0n) is 16.1. The Hall–Kier alpha value is -2.34. The van der Waals surface area contributed by atoms with E-state index in [0.29, 0.717) is 16.7 Å². The normalized spacial score (nSPS) is 12.1. The van der Waals surface area contributed by atoms with E-state index in [0.717, 1.165) is 16.7 Å². The lowest BCUT2D eigenvalue weighted by atomic mass is 9.96. The molecule has 2 aromatic rings. The van der Waals surface area contributed by atoms with Gasteiger partial charge in [-0.2, -0.15) is 13.5 Å². The van der Waals surface area contributed by atoms with Crippen LogP contribution in [0.2, 0.25) is 0 Å². The van der Waals surface area contributed by atoms with Crippen molar-refractivity contribution in [1.82, 2.24) is 4.83 Å². The van der Waals surface area contributed by atoms with Crippen molar-refractivity contribution in [2.75, 3.05) is 0 Å². The number of phenols is 1. The van der Waals surface area contributed by atoms with Gasteiger partial charge in [-0.1, -0.05) is 43.7 Å². The molecule has 0 unspecified atom stereocenters. The lowest BCUT2D eigenvalue weighted by Crippen LogP contribution is -2.20. The van der Waals surface area contributed by atoms with Crippen molar-refractivity contribution in [3.05, 3.63) is 57.6 Å². The van der Waals surface area contributed by atoms with Crippen LogP contribution in [0.4, 0.5) is 0 Å². The summed E-state index contributed by atoms with van der Waals surface area (Å²) in [7, 11) is -3.79. The third-order valence-electron chi connectivity index (χ3n) is 4.33. The summed E-state index contributed by atoms with van der Waals surface area (Å²) in [5.74, 6) is 0.281. The van der Waals surface area contributed by atoms with Crippen LogP contribution in [0, 0.1) is 27.7 Å². The van der Waals surface area contributed by atoms with Crippen molar-refractivity contribution >= 4 is 16.2 Å². The number of hydrazone groups is 1. The zero-order valence-corrected chi connectivity index (χ0v) is 16.9. The molecule has 5 nitrogen and oxygen atoms in total. The maximum Gasteiger partial charge on any atom is 0.277 e.